The van der Waals surface area contributed by atoms with Crippen molar-refractivity contribution >= 4 is 23.5 Å². The normalized spacial score (nSPS) is 25.3. The predicted molar refractivity (Wildman–Crippen MR) is 63.0 cm³/mol. The van der Waals surface area contributed by atoms with Crippen molar-refractivity contribution in [3.8, 4) is 0 Å². The van der Waals surface area contributed by atoms with E-state index in [0.717, 1.165) is 4.90 Å². The second-order valence-corrected chi connectivity index (χ2v) is 4.71. The molecule has 0 unspecified atom stereocenters. The van der Waals surface area contributed by atoms with Gasteiger partial charge in [-0.2, -0.15) is 0 Å². The van der Waals surface area contributed by atoms with Gasteiger partial charge in [-0.05, 0) is 12.1 Å². The molecule has 0 aliphatic carbocycles. The van der Waals surface area contributed by atoms with Crippen molar-refractivity contribution in [2.24, 2.45) is 0 Å². The molecule has 0 N–H and O–H groups in total. The number of hydrogen-bond donors (Lipinski definition) is 0. The summed E-state index contributed by atoms with van der Waals surface area (Å²) in [5.74, 6) is -2.15. The molecule has 1 atom stereocenters. The SMILES string of the molecule is CN1C(=O)c2ccccc2N2C(=O)CC[C@]12C(=O)[O-]. The molecule has 2 aliphatic rings. The van der Waals surface area contributed by atoms with Gasteiger partial charge < -0.3 is 14.8 Å². The average molecular weight is 259 g/mol. The third-order valence-corrected chi connectivity index (χ3v) is 3.87. The first kappa shape index (κ1) is 11.7. The van der Waals surface area contributed by atoms with Crippen LogP contribution in [-0.2, 0) is 9.59 Å². The maximum absolute atomic E-state index is 12.3. The molecule has 0 radical (unpaired) electrons. The quantitative estimate of drug-likeness (QED) is 0.671. The summed E-state index contributed by atoms with van der Waals surface area (Å²) in [6, 6.07) is 6.51. The molecule has 1 fully saturated rings. The molecule has 1 aromatic rings. The van der Waals surface area contributed by atoms with E-state index in [1.807, 2.05) is 0 Å². The van der Waals surface area contributed by atoms with E-state index in [1.165, 1.54) is 11.9 Å². The van der Waals surface area contributed by atoms with Crippen LogP contribution in [0.15, 0.2) is 24.3 Å². The largest absolute Gasteiger partial charge is 0.545 e. The van der Waals surface area contributed by atoms with Crippen molar-refractivity contribution in [3.05, 3.63) is 29.8 Å². The monoisotopic (exact) mass is 259 g/mol. The zero-order valence-corrected chi connectivity index (χ0v) is 10.3. The summed E-state index contributed by atoms with van der Waals surface area (Å²) in [6.07, 6.45) is 0.130. The number of para-hydroxylation sites is 1. The smallest absolute Gasteiger partial charge is 0.257 e. The molecule has 2 heterocycles. The van der Waals surface area contributed by atoms with Crippen LogP contribution in [0.1, 0.15) is 23.2 Å². The van der Waals surface area contributed by atoms with Crippen molar-refractivity contribution in [1.82, 2.24) is 4.90 Å². The lowest BCUT2D eigenvalue weighted by atomic mass is 9.97. The number of likely N-dealkylation sites (N-methyl/N-ethyl adjacent to an activating group) is 1. The van der Waals surface area contributed by atoms with Crippen LogP contribution in [0.25, 0.3) is 0 Å². The first-order chi connectivity index (χ1) is 9.00. The Morgan fingerprint density at radius 2 is 2.00 bits per heavy atom. The van der Waals surface area contributed by atoms with Gasteiger partial charge in [0.15, 0.2) is 5.66 Å². The van der Waals surface area contributed by atoms with E-state index in [9.17, 15) is 19.5 Å². The third-order valence-electron chi connectivity index (χ3n) is 3.87. The number of hydrogen-bond acceptors (Lipinski definition) is 4. The van der Waals surface area contributed by atoms with Crippen molar-refractivity contribution in [3.63, 3.8) is 0 Å². The molecular formula is C13H11N2O4-. The molecule has 6 nitrogen and oxygen atoms in total. The fourth-order valence-corrected chi connectivity index (χ4v) is 2.89. The molecule has 0 spiro atoms. The van der Waals surface area contributed by atoms with Crippen LogP contribution in [0, 0.1) is 0 Å². The van der Waals surface area contributed by atoms with Gasteiger partial charge in [0.05, 0.1) is 17.2 Å². The first-order valence-electron chi connectivity index (χ1n) is 5.92. The highest BCUT2D eigenvalue weighted by atomic mass is 16.4. The van der Waals surface area contributed by atoms with Crippen LogP contribution in [-0.4, -0.2) is 35.4 Å². The van der Waals surface area contributed by atoms with Crippen LogP contribution < -0.4 is 10.0 Å². The predicted octanol–water partition coefficient (Wildman–Crippen LogP) is -0.655. The molecule has 0 bridgehead atoms. The van der Waals surface area contributed by atoms with Gasteiger partial charge in [-0.1, -0.05) is 12.1 Å². The number of carboxylic acid groups (broad SMARTS) is 1. The topological polar surface area (TPSA) is 80.8 Å². The fourth-order valence-electron chi connectivity index (χ4n) is 2.89. The van der Waals surface area contributed by atoms with Gasteiger partial charge in [0, 0.05) is 19.9 Å². The number of amides is 2. The highest BCUT2D eigenvalue weighted by Crippen LogP contribution is 2.43. The van der Waals surface area contributed by atoms with Crippen molar-refractivity contribution < 1.29 is 19.5 Å². The van der Waals surface area contributed by atoms with Crippen LogP contribution in [0.5, 0.6) is 0 Å². The number of fused-ring (bicyclic) bond motifs is 3. The van der Waals surface area contributed by atoms with Gasteiger partial charge in [0.1, 0.15) is 0 Å². The minimum absolute atomic E-state index is 0.0464. The Bertz CT molecular complexity index is 612. The summed E-state index contributed by atoms with van der Waals surface area (Å²) in [5, 5.41) is 11.6. The lowest BCUT2D eigenvalue weighted by Crippen LogP contribution is -2.70. The number of carboxylic acids is 1. The van der Waals surface area contributed by atoms with Gasteiger partial charge in [-0.3, -0.25) is 14.5 Å². The van der Waals surface area contributed by atoms with Gasteiger partial charge in [0.2, 0.25) is 5.91 Å². The minimum Gasteiger partial charge on any atom is -0.545 e. The molecule has 1 saturated heterocycles. The Hall–Kier alpha value is -2.37. The first-order valence-corrected chi connectivity index (χ1v) is 5.92. The molecule has 6 heteroatoms. The standard InChI is InChI=1S/C13H12N2O4/c1-14-11(17)8-4-2-3-5-9(8)15-10(16)6-7-13(14,15)12(18)19/h2-5H,6-7H2,1H3,(H,18,19)/p-1/t13-/m0/s1. The Morgan fingerprint density at radius 3 is 2.68 bits per heavy atom. The third kappa shape index (κ3) is 1.23. The van der Waals surface area contributed by atoms with E-state index in [1.54, 1.807) is 24.3 Å². The molecule has 3 rings (SSSR count). The summed E-state index contributed by atoms with van der Waals surface area (Å²) < 4.78 is 0. The van der Waals surface area contributed by atoms with E-state index in [0.29, 0.717) is 11.3 Å². The van der Waals surface area contributed by atoms with Crippen LogP contribution in [0.4, 0.5) is 5.69 Å². The van der Waals surface area contributed by atoms with Crippen molar-refractivity contribution in [1.29, 1.82) is 0 Å². The second-order valence-electron chi connectivity index (χ2n) is 4.71. The minimum atomic E-state index is -1.69. The summed E-state index contributed by atoms with van der Waals surface area (Å²) in [7, 11) is 1.39. The van der Waals surface area contributed by atoms with Gasteiger partial charge >= 0.3 is 0 Å². The number of carbonyl (C=O) groups is 3. The number of benzene rings is 1. The lowest BCUT2D eigenvalue weighted by Gasteiger charge is -2.49. The number of carbonyl (C=O) groups excluding carboxylic acids is 3. The molecule has 0 aromatic heterocycles. The van der Waals surface area contributed by atoms with E-state index in [-0.39, 0.29) is 18.7 Å². The van der Waals surface area contributed by atoms with E-state index >= 15 is 0 Å². The number of anilines is 1. The fraction of sp³-hybridized carbons (Fsp3) is 0.308. The molecular weight excluding hydrogens is 248 g/mol. The Labute approximate surface area is 109 Å². The van der Waals surface area contributed by atoms with Gasteiger partial charge in [-0.25, -0.2) is 0 Å². The molecule has 19 heavy (non-hydrogen) atoms. The summed E-state index contributed by atoms with van der Waals surface area (Å²) in [4.78, 5) is 38.1. The van der Waals surface area contributed by atoms with Crippen LogP contribution in [0.2, 0.25) is 0 Å². The average Bonchev–Trinajstić information content (AvgIpc) is 2.75. The highest BCUT2D eigenvalue weighted by Gasteiger charge is 2.55. The van der Waals surface area contributed by atoms with Crippen LogP contribution in [0.3, 0.4) is 0 Å². The summed E-state index contributed by atoms with van der Waals surface area (Å²) in [6.45, 7) is 0. The van der Waals surface area contributed by atoms with Crippen molar-refractivity contribution in [2.75, 3.05) is 11.9 Å². The maximum atomic E-state index is 12.3. The number of rotatable bonds is 1. The van der Waals surface area contributed by atoms with Crippen molar-refractivity contribution in [2.45, 2.75) is 18.5 Å². The lowest BCUT2D eigenvalue weighted by molar-refractivity contribution is -0.317. The Balaban J connectivity index is 2.31. The van der Waals surface area contributed by atoms with E-state index in [2.05, 4.69) is 0 Å². The number of nitrogens with zero attached hydrogens (tertiary/aromatic N) is 2. The van der Waals surface area contributed by atoms with Crippen LogP contribution >= 0.6 is 0 Å². The summed E-state index contributed by atoms with van der Waals surface area (Å²) in [5.41, 5.74) is -1.02. The van der Waals surface area contributed by atoms with Gasteiger partial charge in [-0.15, -0.1) is 0 Å². The molecule has 0 saturated carbocycles. The van der Waals surface area contributed by atoms with E-state index < -0.39 is 17.5 Å². The number of aliphatic carboxylic acids is 1. The Kier molecular flexibility index (Phi) is 2.20. The maximum Gasteiger partial charge on any atom is 0.257 e. The molecule has 2 amide bonds. The molecule has 98 valence electrons. The second kappa shape index (κ2) is 3.57. The Morgan fingerprint density at radius 1 is 1.32 bits per heavy atom. The summed E-state index contributed by atoms with van der Waals surface area (Å²) >= 11 is 0. The van der Waals surface area contributed by atoms with E-state index in [4.69, 9.17) is 0 Å². The zero-order chi connectivity index (χ0) is 13.8. The highest BCUT2D eigenvalue weighted by molar-refractivity contribution is 6.14. The molecule has 1 aromatic carbocycles. The van der Waals surface area contributed by atoms with Gasteiger partial charge in [0.25, 0.3) is 5.91 Å². The molecule has 2 aliphatic heterocycles. The zero-order valence-electron chi connectivity index (χ0n) is 10.3.